The summed E-state index contributed by atoms with van der Waals surface area (Å²) in [4.78, 5) is 20.0. The minimum absolute atomic E-state index is 0.169. The number of nitrogens with zero attached hydrogens (tertiary/aromatic N) is 2. The van der Waals surface area contributed by atoms with Gasteiger partial charge in [-0.25, -0.2) is 13.4 Å². The van der Waals surface area contributed by atoms with E-state index in [4.69, 9.17) is 10.5 Å². The zero-order valence-electron chi connectivity index (χ0n) is 17.1. The number of nitrogens with one attached hydrogen (secondary N) is 1. The molecule has 1 aliphatic heterocycles. The van der Waals surface area contributed by atoms with E-state index >= 15 is 0 Å². The summed E-state index contributed by atoms with van der Waals surface area (Å²) in [5.41, 5.74) is 6.97. The molecular weight excluding hydrogens is 416 g/mol. The number of carbonyl (C=O) groups excluding carboxylic acids is 1. The fourth-order valence-electron chi connectivity index (χ4n) is 3.85. The van der Waals surface area contributed by atoms with Gasteiger partial charge in [-0.2, -0.15) is 4.31 Å². The van der Waals surface area contributed by atoms with Gasteiger partial charge in [-0.3, -0.25) is 4.79 Å². The predicted octanol–water partition coefficient (Wildman–Crippen LogP) is 2.75. The molecule has 1 amide bonds. The van der Waals surface area contributed by atoms with Crippen LogP contribution >= 0.6 is 0 Å². The van der Waals surface area contributed by atoms with Crippen LogP contribution in [0.2, 0.25) is 0 Å². The topological polar surface area (TPSA) is 118 Å². The van der Waals surface area contributed by atoms with Crippen molar-refractivity contribution in [2.75, 3.05) is 20.2 Å². The molecule has 162 valence electrons. The molecule has 0 spiro atoms. The van der Waals surface area contributed by atoms with E-state index in [2.05, 4.69) is 9.97 Å². The second kappa shape index (κ2) is 8.52. The monoisotopic (exact) mass is 440 g/mol. The van der Waals surface area contributed by atoms with Gasteiger partial charge in [0.2, 0.25) is 10.0 Å². The third kappa shape index (κ3) is 4.19. The number of rotatable bonds is 6. The maximum Gasteiger partial charge on any atom is 0.267 e. The molecule has 0 aliphatic carbocycles. The van der Waals surface area contributed by atoms with Gasteiger partial charge in [-0.1, -0.05) is 18.2 Å². The Morgan fingerprint density at radius 1 is 1.16 bits per heavy atom. The van der Waals surface area contributed by atoms with E-state index in [-0.39, 0.29) is 23.1 Å². The highest BCUT2D eigenvalue weighted by molar-refractivity contribution is 7.89. The van der Waals surface area contributed by atoms with E-state index in [0.717, 1.165) is 12.0 Å². The number of ether oxygens (including phenoxy) is 1. The maximum absolute atomic E-state index is 13.0. The van der Waals surface area contributed by atoms with Crippen LogP contribution in [0.4, 0.5) is 0 Å². The molecule has 4 rings (SSSR count). The molecule has 0 saturated carbocycles. The van der Waals surface area contributed by atoms with Crippen molar-refractivity contribution in [3.8, 4) is 17.0 Å². The van der Waals surface area contributed by atoms with E-state index in [0.29, 0.717) is 30.2 Å². The Kier molecular flexibility index (Phi) is 5.79. The molecule has 0 bridgehead atoms. The lowest BCUT2D eigenvalue weighted by Crippen LogP contribution is -2.39. The Hall–Kier alpha value is -3.17. The average Bonchev–Trinajstić information content (AvgIpc) is 3.26. The summed E-state index contributed by atoms with van der Waals surface area (Å²) in [6, 6.07) is 15.6. The Labute approximate surface area is 181 Å². The van der Waals surface area contributed by atoms with E-state index in [1.165, 1.54) is 4.31 Å². The molecule has 2 aromatic carbocycles. The third-order valence-electron chi connectivity index (χ3n) is 5.48. The first-order chi connectivity index (χ1) is 14.9. The second-order valence-electron chi connectivity index (χ2n) is 7.45. The summed E-state index contributed by atoms with van der Waals surface area (Å²) in [6.45, 7) is 0.730. The molecule has 1 fully saturated rings. The Balaban J connectivity index is 1.64. The molecule has 3 N–H and O–H groups in total. The number of amides is 1. The number of methoxy groups -OCH3 is 1. The standard InChI is InChI=1S/C22H24N4O4S/c1-30-17-11-9-15(10-12-17)19-20(21(23)27)25-22(24-19)16-6-5-13-26(14-16)31(28,29)18-7-3-2-4-8-18/h2-4,7-12,16H,5-6,13-14H2,1H3,(H2,23,27)(H,24,25)/t16-/m1/s1. The molecule has 8 nitrogen and oxygen atoms in total. The van der Waals surface area contributed by atoms with Gasteiger partial charge < -0.3 is 15.5 Å². The quantitative estimate of drug-likeness (QED) is 0.611. The van der Waals surface area contributed by atoms with Crippen molar-refractivity contribution >= 4 is 15.9 Å². The lowest BCUT2D eigenvalue weighted by atomic mass is 9.99. The van der Waals surface area contributed by atoms with Crippen LogP contribution in [0.5, 0.6) is 5.75 Å². The summed E-state index contributed by atoms with van der Waals surface area (Å²) in [6.07, 6.45) is 1.45. The number of piperidine rings is 1. The molecule has 0 unspecified atom stereocenters. The number of nitrogens with two attached hydrogens (primary N) is 1. The zero-order chi connectivity index (χ0) is 22.0. The lowest BCUT2D eigenvalue weighted by molar-refractivity contribution is 0.0996. The third-order valence-corrected chi connectivity index (χ3v) is 7.36. The minimum atomic E-state index is -3.60. The van der Waals surface area contributed by atoms with Crippen LogP contribution in [0, 0.1) is 0 Å². The van der Waals surface area contributed by atoms with Gasteiger partial charge in [-0.15, -0.1) is 0 Å². The van der Waals surface area contributed by atoms with Crippen molar-refractivity contribution < 1.29 is 17.9 Å². The van der Waals surface area contributed by atoms with Crippen molar-refractivity contribution in [1.29, 1.82) is 0 Å². The van der Waals surface area contributed by atoms with Crippen molar-refractivity contribution in [2.24, 2.45) is 5.73 Å². The summed E-state index contributed by atoms with van der Waals surface area (Å²) in [5.74, 6) is 0.466. The second-order valence-corrected chi connectivity index (χ2v) is 9.39. The zero-order valence-corrected chi connectivity index (χ0v) is 17.9. The fraction of sp³-hybridized carbons (Fsp3) is 0.273. The number of hydrogen-bond donors (Lipinski definition) is 2. The molecule has 9 heteroatoms. The number of aromatic nitrogens is 2. The minimum Gasteiger partial charge on any atom is -0.497 e. The summed E-state index contributed by atoms with van der Waals surface area (Å²) < 4.78 is 32.7. The fourth-order valence-corrected chi connectivity index (χ4v) is 5.39. The molecule has 1 aromatic heterocycles. The molecule has 1 saturated heterocycles. The first-order valence-electron chi connectivity index (χ1n) is 9.99. The molecular formula is C22H24N4O4S. The van der Waals surface area contributed by atoms with Crippen LogP contribution in [0.15, 0.2) is 59.5 Å². The van der Waals surface area contributed by atoms with E-state index in [1.54, 1.807) is 61.7 Å². The van der Waals surface area contributed by atoms with Gasteiger partial charge in [0, 0.05) is 24.6 Å². The van der Waals surface area contributed by atoms with Crippen LogP contribution in [0.3, 0.4) is 0 Å². The molecule has 3 aromatic rings. The van der Waals surface area contributed by atoms with Gasteiger partial charge in [-0.05, 0) is 49.2 Å². The van der Waals surface area contributed by atoms with Crippen molar-refractivity contribution in [3.05, 3.63) is 66.1 Å². The molecule has 1 atom stereocenters. The van der Waals surface area contributed by atoms with Crippen LogP contribution in [0.1, 0.15) is 35.1 Å². The van der Waals surface area contributed by atoms with Crippen molar-refractivity contribution in [1.82, 2.24) is 14.3 Å². The van der Waals surface area contributed by atoms with Gasteiger partial charge in [0.1, 0.15) is 23.0 Å². The van der Waals surface area contributed by atoms with E-state index in [9.17, 15) is 13.2 Å². The number of sulfonamides is 1. The SMILES string of the molecule is COc1ccc(-c2nc([C@@H]3CCCN(S(=O)(=O)c4ccccc4)C3)[nH]c2C(N)=O)cc1. The van der Waals surface area contributed by atoms with Crippen LogP contribution in [-0.2, 0) is 10.0 Å². The number of imidazole rings is 1. The highest BCUT2D eigenvalue weighted by Crippen LogP contribution is 2.32. The number of benzene rings is 2. The smallest absolute Gasteiger partial charge is 0.267 e. The average molecular weight is 441 g/mol. The number of H-pyrrole nitrogens is 1. The van der Waals surface area contributed by atoms with Gasteiger partial charge in [0.15, 0.2) is 0 Å². The number of hydrogen-bond acceptors (Lipinski definition) is 5. The Bertz CT molecular complexity index is 1170. The Morgan fingerprint density at radius 3 is 2.52 bits per heavy atom. The molecule has 31 heavy (non-hydrogen) atoms. The highest BCUT2D eigenvalue weighted by Gasteiger charge is 2.33. The predicted molar refractivity (Wildman–Crippen MR) is 116 cm³/mol. The largest absolute Gasteiger partial charge is 0.497 e. The van der Waals surface area contributed by atoms with E-state index in [1.807, 2.05) is 0 Å². The molecule has 1 aliphatic rings. The maximum atomic E-state index is 13.0. The Morgan fingerprint density at radius 2 is 1.87 bits per heavy atom. The van der Waals surface area contributed by atoms with Gasteiger partial charge in [0.05, 0.1) is 12.0 Å². The van der Waals surface area contributed by atoms with Crippen molar-refractivity contribution in [2.45, 2.75) is 23.7 Å². The molecule has 2 heterocycles. The van der Waals surface area contributed by atoms with Crippen molar-refractivity contribution in [3.63, 3.8) is 0 Å². The molecule has 0 radical (unpaired) electrons. The number of aromatic amines is 1. The lowest BCUT2D eigenvalue weighted by Gasteiger charge is -2.31. The summed E-state index contributed by atoms with van der Waals surface area (Å²) in [7, 11) is -2.02. The summed E-state index contributed by atoms with van der Waals surface area (Å²) in [5, 5.41) is 0. The number of carbonyl (C=O) groups is 1. The van der Waals surface area contributed by atoms with Gasteiger partial charge >= 0.3 is 0 Å². The van der Waals surface area contributed by atoms with E-state index < -0.39 is 15.9 Å². The van der Waals surface area contributed by atoms with Gasteiger partial charge in [0.25, 0.3) is 5.91 Å². The first-order valence-corrected chi connectivity index (χ1v) is 11.4. The first kappa shape index (κ1) is 21.1. The normalized spacial score (nSPS) is 17.4. The highest BCUT2D eigenvalue weighted by atomic mass is 32.2. The van der Waals surface area contributed by atoms with Crippen LogP contribution in [0.25, 0.3) is 11.3 Å². The van der Waals surface area contributed by atoms with Crippen LogP contribution < -0.4 is 10.5 Å². The summed E-state index contributed by atoms with van der Waals surface area (Å²) >= 11 is 0. The van der Waals surface area contributed by atoms with Crippen LogP contribution in [-0.4, -0.2) is 48.8 Å². The number of primary amides is 1.